The summed E-state index contributed by atoms with van der Waals surface area (Å²) in [7, 11) is 1.72. The largest absolute Gasteiger partial charge is 0.384 e. The Bertz CT molecular complexity index is 626. The summed E-state index contributed by atoms with van der Waals surface area (Å²) >= 11 is 0. The molecular formula is C24H34O. The van der Waals surface area contributed by atoms with E-state index in [1.165, 1.54) is 0 Å². The smallest absolute Gasteiger partial charge is 0.0502 e. The van der Waals surface area contributed by atoms with Gasteiger partial charge in [-0.3, -0.25) is 0 Å². The van der Waals surface area contributed by atoms with E-state index < -0.39 is 0 Å². The molecule has 0 bridgehead atoms. The molecule has 0 aromatic carbocycles. The number of rotatable bonds is 10. The van der Waals surface area contributed by atoms with Crippen LogP contribution in [0.5, 0.6) is 0 Å². The van der Waals surface area contributed by atoms with Crippen LogP contribution in [0.2, 0.25) is 0 Å². The lowest BCUT2D eigenvalue weighted by molar-refractivity contribution is 0.202. The first kappa shape index (κ1) is 21.2. The second-order valence-electron chi connectivity index (χ2n) is 7.24. The Hall–Kier alpha value is -1.86. The van der Waals surface area contributed by atoms with Gasteiger partial charge in [-0.1, -0.05) is 83.0 Å². The molecule has 1 rings (SSSR count). The van der Waals surface area contributed by atoms with Crippen molar-refractivity contribution in [2.45, 2.75) is 40.0 Å². The summed E-state index contributed by atoms with van der Waals surface area (Å²) in [6.45, 7) is 24.0. The summed E-state index contributed by atoms with van der Waals surface area (Å²) in [6, 6.07) is 0. The van der Waals surface area contributed by atoms with Crippen molar-refractivity contribution in [2.75, 3.05) is 13.7 Å². The van der Waals surface area contributed by atoms with E-state index in [1.54, 1.807) is 7.11 Å². The molecule has 0 aromatic rings. The molecule has 136 valence electrons. The van der Waals surface area contributed by atoms with Crippen LogP contribution < -0.4 is 0 Å². The molecule has 1 unspecified atom stereocenters. The van der Waals surface area contributed by atoms with E-state index in [2.05, 4.69) is 65.3 Å². The van der Waals surface area contributed by atoms with Gasteiger partial charge in [0.1, 0.15) is 0 Å². The highest BCUT2D eigenvalue weighted by Gasteiger charge is 2.30. The van der Waals surface area contributed by atoms with Gasteiger partial charge in [-0.2, -0.15) is 0 Å². The maximum absolute atomic E-state index is 5.28. The van der Waals surface area contributed by atoms with Crippen LogP contribution in [0, 0.1) is 11.3 Å². The van der Waals surface area contributed by atoms with E-state index in [-0.39, 0.29) is 5.41 Å². The molecule has 1 aliphatic carbocycles. The Labute approximate surface area is 154 Å². The van der Waals surface area contributed by atoms with Gasteiger partial charge in [-0.15, -0.1) is 0 Å². The third-order valence-corrected chi connectivity index (χ3v) is 4.95. The summed E-state index contributed by atoms with van der Waals surface area (Å²) in [5, 5.41) is 0. The van der Waals surface area contributed by atoms with Crippen molar-refractivity contribution in [3.8, 4) is 0 Å². The van der Waals surface area contributed by atoms with Crippen LogP contribution in [0.4, 0.5) is 0 Å². The first-order chi connectivity index (χ1) is 11.7. The second-order valence-corrected chi connectivity index (χ2v) is 7.24. The van der Waals surface area contributed by atoms with E-state index >= 15 is 0 Å². The average Bonchev–Trinajstić information content (AvgIpc) is 2.95. The van der Waals surface area contributed by atoms with Crippen molar-refractivity contribution in [3.63, 3.8) is 0 Å². The predicted octanol–water partition coefficient (Wildman–Crippen LogP) is 6.74. The molecule has 2 atom stereocenters. The first-order valence-electron chi connectivity index (χ1n) is 9.06. The number of allylic oxidation sites excluding steroid dienone is 9. The predicted molar refractivity (Wildman–Crippen MR) is 112 cm³/mol. The van der Waals surface area contributed by atoms with Gasteiger partial charge in [0.25, 0.3) is 0 Å². The summed E-state index contributed by atoms with van der Waals surface area (Å²) in [5.74, 6) is 0.596. The number of methoxy groups -OCH3 is 1. The fraction of sp³-hybridized carbons (Fsp3) is 0.417. The lowest BCUT2D eigenvalue weighted by atomic mass is 9.79. The lowest BCUT2D eigenvalue weighted by Gasteiger charge is -2.25. The molecule has 0 saturated heterocycles. The normalized spacial score (nSPS) is 23.2. The zero-order chi connectivity index (χ0) is 19.0. The van der Waals surface area contributed by atoms with Crippen molar-refractivity contribution in [1.82, 2.24) is 0 Å². The molecule has 1 aliphatic rings. The molecule has 1 heteroatoms. The van der Waals surface area contributed by atoms with E-state index in [0.29, 0.717) is 12.5 Å². The standard InChI is InChI=1S/C24H34O/c1-9-18(2)10-11-20(4)22(6)23(13-15-25-8)16-21(5)24(7)14-12-19(3)17-24/h10-12,14,16,19H,2,4-6,9,13,15,17H2,1,3,7-8H3/b11-10-,23-16-/t19?,24-/m0/s1. The van der Waals surface area contributed by atoms with Gasteiger partial charge in [-0.25, -0.2) is 0 Å². The van der Waals surface area contributed by atoms with Gasteiger partial charge >= 0.3 is 0 Å². The molecule has 0 spiro atoms. The Kier molecular flexibility index (Phi) is 8.12. The number of hydrogen-bond acceptors (Lipinski definition) is 1. The highest BCUT2D eigenvalue weighted by Crippen LogP contribution is 2.42. The van der Waals surface area contributed by atoms with Crippen LogP contribution in [-0.2, 0) is 4.74 Å². The summed E-state index contributed by atoms with van der Waals surface area (Å²) in [5.41, 5.74) is 5.21. The summed E-state index contributed by atoms with van der Waals surface area (Å²) in [6.07, 6.45) is 13.6. The first-order valence-corrected chi connectivity index (χ1v) is 9.06. The minimum Gasteiger partial charge on any atom is -0.384 e. The molecular weight excluding hydrogens is 304 g/mol. The van der Waals surface area contributed by atoms with Crippen molar-refractivity contribution >= 4 is 0 Å². The lowest BCUT2D eigenvalue weighted by Crippen LogP contribution is -2.13. The van der Waals surface area contributed by atoms with Gasteiger partial charge in [0.2, 0.25) is 0 Å². The van der Waals surface area contributed by atoms with Crippen LogP contribution in [-0.4, -0.2) is 13.7 Å². The Morgan fingerprint density at radius 3 is 2.44 bits per heavy atom. The zero-order valence-electron chi connectivity index (χ0n) is 16.5. The van der Waals surface area contributed by atoms with Crippen LogP contribution in [0.3, 0.4) is 0 Å². The molecule has 0 saturated carbocycles. The van der Waals surface area contributed by atoms with Crippen LogP contribution in [0.15, 0.2) is 84.6 Å². The highest BCUT2D eigenvalue weighted by atomic mass is 16.5. The summed E-state index contributed by atoms with van der Waals surface area (Å²) < 4.78 is 5.28. The molecule has 0 aromatic heterocycles. The van der Waals surface area contributed by atoms with Crippen LogP contribution >= 0.6 is 0 Å². The summed E-state index contributed by atoms with van der Waals surface area (Å²) in [4.78, 5) is 0. The third-order valence-electron chi connectivity index (χ3n) is 4.95. The maximum atomic E-state index is 5.28. The van der Waals surface area contributed by atoms with Crippen molar-refractivity contribution in [1.29, 1.82) is 0 Å². The molecule has 0 radical (unpaired) electrons. The van der Waals surface area contributed by atoms with E-state index in [0.717, 1.165) is 47.1 Å². The van der Waals surface area contributed by atoms with Crippen molar-refractivity contribution in [2.24, 2.45) is 11.3 Å². The molecule has 0 fully saturated rings. The Morgan fingerprint density at radius 1 is 1.24 bits per heavy atom. The highest BCUT2D eigenvalue weighted by molar-refractivity contribution is 5.52. The maximum Gasteiger partial charge on any atom is 0.0502 e. The second kappa shape index (κ2) is 9.58. The van der Waals surface area contributed by atoms with E-state index in [4.69, 9.17) is 4.74 Å². The molecule has 1 nitrogen and oxygen atoms in total. The molecule has 0 heterocycles. The quantitative estimate of drug-likeness (QED) is 0.316. The van der Waals surface area contributed by atoms with Gasteiger partial charge in [0, 0.05) is 12.5 Å². The Morgan fingerprint density at radius 2 is 1.92 bits per heavy atom. The Balaban J connectivity index is 2.99. The molecule has 25 heavy (non-hydrogen) atoms. The SMILES string of the molecule is C=C(/C=C\C(=C)C(=C)/C(=C\C(=C)[C@@]1(C)C=CC(C)C1)CCOC)CC. The van der Waals surface area contributed by atoms with Gasteiger partial charge in [0.05, 0.1) is 6.61 Å². The van der Waals surface area contributed by atoms with Gasteiger partial charge < -0.3 is 4.74 Å². The number of ether oxygens (including phenoxy) is 1. The minimum atomic E-state index is 0.0195. The van der Waals surface area contributed by atoms with Crippen molar-refractivity contribution in [3.05, 3.63) is 84.6 Å². The topological polar surface area (TPSA) is 9.23 Å². The van der Waals surface area contributed by atoms with Gasteiger partial charge in [0.15, 0.2) is 0 Å². The third kappa shape index (κ3) is 6.17. The average molecular weight is 339 g/mol. The molecule has 0 N–H and O–H groups in total. The van der Waals surface area contributed by atoms with Crippen LogP contribution in [0.1, 0.15) is 40.0 Å². The van der Waals surface area contributed by atoms with Gasteiger partial charge in [-0.05, 0) is 47.5 Å². The zero-order valence-corrected chi connectivity index (χ0v) is 16.5. The van der Waals surface area contributed by atoms with E-state index in [1.807, 2.05) is 12.2 Å². The fourth-order valence-corrected chi connectivity index (χ4v) is 2.96. The molecule has 0 amide bonds. The van der Waals surface area contributed by atoms with Crippen molar-refractivity contribution < 1.29 is 4.74 Å². The van der Waals surface area contributed by atoms with E-state index in [9.17, 15) is 0 Å². The minimum absolute atomic E-state index is 0.0195. The van der Waals surface area contributed by atoms with Crippen LogP contribution in [0.25, 0.3) is 0 Å². The number of hydrogen-bond donors (Lipinski definition) is 0. The monoisotopic (exact) mass is 338 g/mol. The fourth-order valence-electron chi connectivity index (χ4n) is 2.96. The molecule has 0 aliphatic heterocycles.